The van der Waals surface area contributed by atoms with Crippen LogP contribution in [0, 0.1) is 6.92 Å². The lowest BCUT2D eigenvalue weighted by molar-refractivity contribution is 0.0396. The first-order chi connectivity index (χ1) is 12.7. The monoisotopic (exact) mass is 355 g/mol. The van der Waals surface area contributed by atoms with E-state index in [0.717, 1.165) is 31.0 Å². The predicted molar refractivity (Wildman–Crippen MR) is 98.0 cm³/mol. The van der Waals surface area contributed by atoms with E-state index < -0.39 is 0 Å². The number of ether oxygens (including phenoxy) is 1. The third-order valence-electron chi connectivity index (χ3n) is 5.23. The van der Waals surface area contributed by atoms with E-state index in [1.165, 1.54) is 18.4 Å². The molecular formula is C19H25N5O2. The van der Waals surface area contributed by atoms with Crippen LogP contribution in [0.5, 0.6) is 5.75 Å². The van der Waals surface area contributed by atoms with Gasteiger partial charge in [-0.1, -0.05) is 23.4 Å². The van der Waals surface area contributed by atoms with Crippen molar-refractivity contribution in [1.82, 2.24) is 20.8 Å². The highest BCUT2D eigenvalue weighted by Gasteiger charge is 2.43. The first-order valence-corrected chi connectivity index (χ1v) is 9.22. The molecule has 1 saturated carbocycles. The van der Waals surface area contributed by atoms with Gasteiger partial charge in [-0.2, -0.15) is 4.98 Å². The SMILES string of the molecule is CN=C(NCc1noc(C)n1)NC1CC2(CCCC2)Oc2ccccc21. The van der Waals surface area contributed by atoms with E-state index in [1.54, 1.807) is 14.0 Å². The zero-order valence-electron chi connectivity index (χ0n) is 15.3. The van der Waals surface area contributed by atoms with Crippen LogP contribution in [0.25, 0.3) is 0 Å². The second-order valence-corrected chi connectivity index (χ2v) is 7.09. The maximum Gasteiger partial charge on any atom is 0.223 e. The van der Waals surface area contributed by atoms with Crippen LogP contribution < -0.4 is 15.4 Å². The molecule has 1 aromatic carbocycles. The molecule has 138 valence electrons. The van der Waals surface area contributed by atoms with Crippen molar-refractivity contribution in [1.29, 1.82) is 0 Å². The van der Waals surface area contributed by atoms with E-state index in [4.69, 9.17) is 9.26 Å². The average Bonchev–Trinajstić information content (AvgIpc) is 3.27. The van der Waals surface area contributed by atoms with E-state index in [9.17, 15) is 0 Å². The van der Waals surface area contributed by atoms with Gasteiger partial charge in [0, 0.05) is 26.0 Å². The van der Waals surface area contributed by atoms with Crippen LogP contribution in [-0.4, -0.2) is 28.7 Å². The number of aryl methyl sites for hydroxylation is 1. The molecule has 1 aliphatic carbocycles. The van der Waals surface area contributed by atoms with Gasteiger partial charge in [-0.3, -0.25) is 4.99 Å². The maximum atomic E-state index is 6.43. The molecule has 2 aromatic rings. The highest BCUT2D eigenvalue weighted by atomic mass is 16.5. The Bertz CT molecular complexity index is 795. The quantitative estimate of drug-likeness (QED) is 0.650. The van der Waals surface area contributed by atoms with Crippen LogP contribution in [0.1, 0.15) is 55.4 Å². The molecule has 26 heavy (non-hydrogen) atoms. The Morgan fingerprint density at radius 3 is 2.85 bits per heavy atom. The maximum absolute atomic E-state index is 6.43. The number of aliphatic imine (C=N–C) groups is 1. The van der Waals surface area contributed by atoms with Crippen LogP contribution in [0.2, 0.25) is 0 Å². The molecule has 0 bridgehead atoms. The molecule has 0 saturated heterocycles. The third-order valence-corrected chi connectivity index (χ3v) is 5.23. The Kier molecular flexibility index (Phi) is 4.53. The third kappa shape index (κ3) is 3.38. The summed E-state index contributed by atoms with van der Waals surface area (Å²) in [5, 5.41) is 10.7. The van der Waals surface area contributed by atoms with Crippen molar-refractivity contribution in [3.63, 3.8) is 0 Å². The number of nitrogens with zero attached hydrogens (tertiary/aromatic N) is 3. The van der Waals surface area contributed by atoms with Crippen molar-refractivity contribution in [2.45, 2.75) is 57.2 Å². The molecule has 1 fully saturated rings. The van der Waals surface area contributed by atoms with Gasteiger partial charge in [0.25, 0.3) is 0 Å². The molecule has 4 rings (SSSR count). The molecule has 2 N–H and O–H groups in total. The summed E-state index contributed by atoms with van der Waals surface area (Å²) in [6.45, 7) is 2.25. The van der Waals surface area contributed by atoms with Crippen molar-refractivity contribution in [3.8, 4) is 5.75 Å². The summed E-state index contributed by atoms with van der Waals surface area (Å²) in [6.07, 6.45) is 5.66. The van der Waals surface area contributed by atoms with Crippen molar-refractivity contribution in [2.75, 3.05) is 7.05 Å². The number of aromatic nitrogens is 2. The zero-order valence-corrected chi connectivity index (χ0v) is 15.3. The highest BCUT2D eigenvalue weighted by Crippen LogP contribution is 2.46. The second kappa shape index (κ2) is 6.97. The van der Waals surface area contributed by atoms with E-state index in [2.05, 4.69) is 44.0 Å². The largest absolute Gasteiger partial charge is 0.487 e. The Balaban J connectivity index is 1.49. The molecule has 2 aliphatic rings. The number of nitrogens with one attached hydrogen (secondary N) is 2. The molecule has 0 radical (unpaired) electrons. The summed E-state index contributed by atoms with van der Waals surface area (Å²) in [6, 6.07) is 8.46. The molecule has 7 nitrogen and oxygen atoms in total. The van der Waals surface area contributed by atoms with Gasteiger partial charge in [-0.05, 0) is 31.7 Å². The number of para-hydroxylation sites is 1. The first kappa shape index (κ1) is 16.9. The normalized spacial score (nSPS) is 21.3. The highest BCUT2D eigenvalue weighted by molar-refractivity contribution is 5.80. The first-order valence-electron chi connectivity index (χ1n) is 9.22. The summed E-state index contributed by atoms with van der Waals surface area (Å²) in [4.78, 5) is 8.57. The topological polar surface area (TPSA) is 84.6 Å². The number of benzene rings is 1. The van der Waals surface area contributed by atoms with Gasteiger partial charge in [-0.15, -0.1) is 0 Å². The second-order valence-electron chi connectivity index (χ2n) is 7.09. The smallest absolute Gasteiger partial charge is 0.223 e. The molecule has 7 heteroatoms. The van der Waals surface area contributed by atoms with Crippen molar-refractivity contribution in [3.05, 3.63) is 41.5 Å². The fraction of sp³-hybridized carbons (Fsp3) is 0.526. The molecule has 0 amide bonds. The molecule has 1 aromatic heterocycles. The minimum atomic E-state index is -0.0460. The van der Waals surface area contributed by atoms with Crippen molar-refractivity contribution >= 4 is 5.96 Å². The minimum absolute atomic E-state index is 0.0460. The van der Waals surface area contributed by atoms with Gasteiger partial charge in [0.05, 0.1) is 12.6 Å². The van der Waals surface area contributed by atoms with Gasteiger partial charge in [-0.25, -0.2) is 0 Å². The van der Waals surface area contributed by atoms with Gasteiger partial charge >= 0.3 is 0 Å². The van der Waals surface area contributed by atoms with Gasteiger partial charge in [0.2, 0.25) is 5.89 Å². The van der Waals surface area contributed by atoms with Crippen LogP contribution in [0.3, 0.4) is 0 Å². The fourth-order valence-electron chi connectivity index (χ4n) is 4.01. The molecule has 1 atom stereocenters. The van der Waals surface area contributed by atoms with Crippen molar-refractivity contribution < 1.29 is 9.26 Å². The number of hydrogen-bond acceptors (Lipinski definition) is 5. The lowest BCUT2D eigenvalue weighted by Crippen LogP contribution is -2.46. The lowest BCUT2D eigenvalue weighted by atomic mass is 9.86. The fourth-order valence-corrected chi connectivity index (χ4v) is 4.01. The Morgan fingerprint density at radius 2 is 2.12 bits per heavy atom. The van der Waals surface area contributed by atoms with Crippen LogP contribution in [-0.2, 0) is 6.54 Å². The molecule has 1 unspecified atom stereocenters. The van der Waals surface area contributed by atoms with Crippen molar-refractivity contribution in [2.24, 2.45) is 4.99 Å². The number of hydrogen-bond donors (Lipinski definition) is 2. The van der Waals surface area contributed by atoms with Crippen LogP contribution in [0.4, 0.5) is 0 Å². The molecular weight excluding hydrogens is 330 g/mol. The van der Waals surface area contributed by atoms with Gasteiger partial charge in [0.1, 0.15) is 11.4 Å². The Hall–Kier alpha value is -2.57. The zero-order chi connectivity index (χ0) is 18.0. The summed E-state index contributed by atoms with van der Waals surface area (Å²) in [5.74, 6) is 2.89. The number of rotatable bonds is 3. The predicted octanol–water partition coefficient (Wildman–Crippen LogP) is 2.88. The molecule has 2 heterocycles. The van der Waals surface area contributed by atoms with E-state index in [-0.39, 0.29) is 11.6 Å². The lowest BCUT2D eigenvalue weighted by Gasteiger charge is -2.40. The summed E-state index contributed by atoms with van der Waals surface area (Å²) >= 11 is 0. The Labute approximate surface area is 153 Å². The molecule has 1 spiro atoms. The van der Waals surface area contributed by atoms with E-state index in [1.807, 2.05) is 6.07 Å². The average molecular weight is 355 g/mol. The molecule has 1 aliphatic heterocycles. The standard InChI is InChI=1S/C19H25N5O2/c1-13-22-17(24-26-13)12-21-18(20-2)23-15-11-19(9-5-6-10-19)25-16-8-4-3-7-14(15)16/h3-4,7-8,15H,5-6,9-12H2,1-2H3,(H2,20,21,23). The van der Waals surface area contributed by atoms with Crippen LogP contribution in [0.15, 0.2) is 33.8 Å². The number of fused-ring (bicyclic) bond motifs is 1. The summed E-state index contributed by atoms with van der Waals surface area (Å²) in [5.41, 5.74) is 1.14. The number of guanidine groups is 1. The van der Waals surface area contributed by atoms with Gasteiger partial charge in [0.15, 0.2) is 11.8 Å². The van der Waals surface area contributed by atoms with E-state index in [0.29, 0.717) is 18.3 Å². The van der Waals surface area contributed by atoms with Crippen LogP contribution >= 0.6 is 0 Å². The Morgan fingerprint density at radius 1 is 1.31 bits per heavy atom. The minimum Gasteiger partial charge on any atom is -0.487 e. The summed E-state index contributed by atoms with van der Waals surface area (Å²) < 4.78 is 11.4. The van der Waals surface area contributed by atoms with E-state index >= 15 is 0 Å². The van der Waals surface area contributed by atoms with Gasteiger partial charge < -0.3 is 19.9 Å². The summed E-state index contributed by atoms with van der Waals surface area (Å²) in [7, 11) is 1.77.